The molecular formula is C13H10ClN3O4S. The molecular weight excluding hydrogens is 330 g/mol. The van der Waals surface area contributed by atoms with Crippen LogP contribution in [0.1, 0.15) is 0 Å². The summed E-state index contributed by atoms with van der Waals surface area (Å²) >= 11 is 6.02. The van der Waals surface area contributed by atoms with E-state index in [1.807, 2.05) is 0 Å². The number of nitrogens with one attached hydrogen (secondary N) is 2. The Hall–Kier alpha value is -2.32. The van der Waals surface area contributed by atoms with Crippen molar-refractivity contribution in [3.05, 3.63) is 41.7 Å². The summed E-state index contributed by atoms with van der Waals surface area (Å²) in [6.45, 7) is -0.176. The Kier molecular flexibility index (Phi) is 3.63. The third-order valence-electron chi connectivity index (χ3n) is 2.87. The third-order valence-corrected chi connectivity index (χ3v) is 4.72. The van der Waals surface area contributed by atoms with Crippen LogP contribution in [0.4, 0.5) is 11.4 Å². The largest absolute Gasteiger partial charge is 0.482 e. The zero-order chi connectivity index (χ0) is 15.7. The van der Waals surface area contributed by atoms with Gasteiger partial charge in [0.25, 0.3) is 15.9 Å². The molecule has 0 bridgehead atoms. The van der Waals surface area contributed by atoms with Crippen molar-refractivity contribution in [2.75, 3.05) is 16.6 Å². The molecule has 2 aromatic rings. The second-order valence-electron chi connectivity index (χ2n) is 4.46. The Balaban J connectivity index is 1.99. The van der Waals surface area contributed by atoms with Gasteiger partial charge < -0.3 is 10.1 Å². The molecule has 1 amide bonds. The van der Waals surface area contributed by atoms with Crippen LogP contribution in [0.3, 0.4) is 0 Å². The lowest BCUT2D eigenvalue weighted by Gasteiger charge is -2.19. The summed E-state index contributed by atoms with van der Waals surface area (Å²) in [6, 6.07) is 5.78. The lowest BCUT2D eigenvalue weighted by atomic mass is 10.2. The predicted octanol–water partition coefficient (Wildman–Crippen LogP) is 1.87. The van der Waals surface area contributed by atoms with Gasteiger partial charge in [-0.05, 0) is 18.2 Å². The molecule has 0 spiro atoms. The summed E-state index contributed by atoms with van der Waals surface area (Å²) in [7, 11) is -3.91. The number of aromatic nitrogens is 1. The highest BCUT2D eigenvalue weighted by molar-refractivity contribution is 7.92. The van der Waals surface area contributed by atoms with Crippen LogP contribution in [-0.2, 0) is 14.8 Å². The molecule has 2 N–H and O–H groups in total. The molecule has 0 saturated carbocycles. The zero-order valence-corrected chi connectivity index (χ0v) is 12.6. The number of anilines is 2. The van der Waals surface area contributed by atoms with E-state index in [9.17, 15) is 13.2 Å². The number of carbonyl (C=O) groups excluding carboxylic acids is 1. The Bertz CT molecular complexity index is 840. The molecule has 0 aliphatic carbocycles. The summed E-state index contributed by atoms with van der Waals surface area (Å²) in [5.41, 5.74) is 0.645. The topological polar surface area (TPSA) is 97.4 Å². The number of pyridine rings is 1. The Morgan fingerprint density at radius 1 is 1.36 bits per heavy atom. The molecule has 22 heavy (non-hydrogen) atoms. The Labute approximate surface area is 131 Å². The van der Waals surface area contributed by atoms with Crippen LogP contribution in [0.2, 0.25) is 5.02 Å². The second-order valence-corrected chi connectivity index (χ2v) is 6.52. The molecule has 2 heterocycles. The highest BCUT2D eigenvalue weighted by Crippen LogP contribution is 2.36. The van der Waals surface area contributed by atoms with Gasteiger partial charge in [0.05, 0.1) is 22.6 Å². The number of sulfonamides is 1. The van der Waals surface area contributed by atoms with Crippen molar-refractivity contribution in [3.8, 4) is 5.75 Å². The van der Waals surface area contributed by atoms with Crippen LogP contribution in [0.5, 0.6) is 5.75 Å². The van der Waals surface area contributed by atoms with E-state index in [2.05, 4.69) is 15.0 Å². The van der Waals surface area contributed by atoms with Gasteiger partial charge in [-0.3, -0.25) is 14.5 Å². The van der Waals surface area contributed by atoms with E-state index in [4.69, 9.17) is 16.3 Å². The molecule has 9 heteroatoms. The van der Waals surface area contributed by atoms with Gasteiger partial charge in [0, 0.05) is 12.3 Å². The molecule has 0 unspecified atom stereocenters. The Morgan fingerprint density at radius 3 is 2.91 bits per heavy atom. The smallest absolute Gasteiger partial charge is 0.263 e. The standard InChI is InChI=1S/C13H10ClN3O4S/c14-9-4-10-11(21-7-13(18)16-10)5-12(9)22(19,20)17-8-2-1-3-15-6-8/h1-6,17H,7H2,(H,16,18). The van der Waals surface area contributed by atoms with Gasteiger partial charge in [-0.15, -0.1) is 0 Å². The molecule has 0 radical (unpaired) electrons. The minimum absolute atomic E-state index is 0.0269. The molecule has 3 rings (SSSR count). The second kappa shape index (κ2) is 5.47. The van der Waals surface area contributed by atoms with Crippen molar-refractivity contribution in [1.29, 1.82) is 0 Å². The minimum atomic E-state index is -3.91. The van der Waals surface area contributed by atoms with E-state index in [0.717, 1.165) is 0 Å². The van der Waals surface area contributed by atoms with Crippen molar-refractivity contribution >= 4 is 38.9 Å². The van der Waals surface area contributed by atoms with Gasteiger partial charge in [0.2, 0.25) is 0 Å². The van der Waals surface area contributed by atoms with Gasteiger partial charge in [-0.25, -0.2) is 8.42 Å². The first kappa shape index (κ1) is 14.6. The average Bonchev–Trinajstić information content (AvgIpc) is 2.46. The third kappa shape index (κ3) is 2.83. The van der Waals surface area contributed by atoms with E-state index < -0.39 is 10.0 Å². The van der Waals surface area contributed by atoms with Gasteiger partial charge >= 0.3 is 0 Å². The van der Waals surface area contributed by atoms with Gasteiger partial charge in [-0.2, -0.15) is 0 Å². The lowest BCUT2D eigenvalue weighted by molar-refractivity contribution is -0.118. The fraction of sp³-hybridized carbons (Fsp3) is 0.0769. The number of hydrogen-bond acceptors (Lipinski definition) is 5. The molecule has 0 fully saturated rings. The molecule has 1 aromatic heterocycles. The maximum absolute atomic E-state index is 12.4. The summed E-state index contributed by atoms with van der Waals surface area (Å²) in [4.78, 5) is 14.9. The SMILES string of the molecule is O=C1COc2cc(S(=O)(=O)Nc3cccnc3)c(Cl)cc2N1. The van der Waals surface area contributed by atoms with E-state index in [1.54, 1.807) is 12.1 Å². The summed E-state index contributed by atoms with van der Waals surface area (Å²) in [5.74, 6) is -0.0804. The predicted molar refractivity (Wildman–Crippen MR) is 80.6 cm³/mol. The number of halogens is 1. The van der Waals surface area contributed by atoms with Crippen LogP contribution < -0.4 is 14.8 Å². The fourth-order valence-electron chi connectivity index (χ4n) is 1.92. The molecule has 1 aliphatic rings. The van der Waals surface area contributed by atoms with Crippen molar-refractivity contribution in [3.63, 3.8) is 0 Å². The molecule has 1 aliphatic heterocycles. The van der Waals surface area contributed by atoms with E-state index in [1.165, 1.54) is 24.5 Å². The van der Waals surface area contributed by atoms with Crippen molar-refractivity contribution in [1.82, 2.24) is 4.98 Å². The van der Waals surface area contributed by atoms with Gasteiger partial charge in [0.1, 0.15) is 10.6 Å². The highest BCUT2D eigenvalue weighted by atomic mass is 35.5. The summed E-state index contributed by atoms with van der Waals surface area (Å²) in [6.07, 6.45) is 2.90. The molecule has 1 aromatic carbocycles. The monoisotopic (exact) mass is 339 g/mol. The van der Waals surface area contributed by atoms with E-state index in [-0.39, 0.29) is 28.2 Å². The van der Waals surface area contributed by atoms with Crippen LogP contribution in [0, 0.1) is 0 Å². The van der Waals surface area contributed by atoms with Crippen molar-refractivity contribution in [2.45, 2.75) is 4.90 Å². The molecule has 0 saturated heterocycles. The normalized spacial score (nSPS) is 13.8. The number of ether oxygens (including phenoxy) is 1. The van der Waals surface area contributed by atoms with E-state index >= 15 is 0 Å². The number of fused-ring (bicyclic) bond motifs is 1. The maximum Gasteiger partial charge on any atom is 0.263 e. The van der Waals surface area contributed by atoms with Crippen LogP contribution in [-0.4, -0.2) is 25.9 Å². The highest BCUT2D eigenvalue weighted by Gasteiger charge is 2.24. The molecule has 7 nitrogen and oxygen atoms in total. The summed E-state index contributed by atoms with van der Waals surface area (Å²) in [5, 5.41) is 2.53. The van der Waals surface area contributed by atoms with Crippen molar-refractivity contribution in [2.24, 2.45) is 0 Å². The quantitative estimate of drug-likeness (QED) is 0.889. The number of rotatable bonds is 3. The first-order chi connectivity index (χ1) is 10.5. The first-order valence-electron chi connectivity index (χ1n) is 6.15. The summed E-state index contributed by atoms with van der Waals surface area (Å²) < 4.78 is 32.4. The zero-order valence-electron chi connectivity index (χ0n) is 11.0. The van der Waals surface area contributed by atoms with Gasteiger partial charge in [0.15, 0.2) is 6.61 Å². The number of benzene rings is 1. The fourth-order valence-corrected chi connectivity index (χ4v) is 3.51. The number of hydrogen-bond donors (Lipinski definition) is 2. The molecule has 0 atom stereocenters. The average molecular weight is 340 g/mol. The minimum Gasteiger partial charge on any atom is -0.482 e. The number of carbonyl (C=O) groups is 1. The van der Waals surface area contributed by atoms with Crippen LogP contribution >= 0.6 is 11.6 Å². The van der Waals surface area contributed by atoms with Crippen molar-refractivity contribution < 1.29 is 17.9 Å². The maximum atomic E-state index is 12.4. The van der Waals surface area contributed by atoms with E-state index in [0.29, 0.717) is 11.4 Å². The lowest BCUT2D eigenvalue weighted by Crippen LogP contribution is -2.25. The number of amides is 1. The van der Waals surface area contributed by atoms with Crippen LogP contribution in [0.25, 0.3) is 0 Å². The Morgan fingerprint density at radius 2 is 2.18 bits per heavy atom. The van der Waals surface area contributed by atoms with Crippen LogP contribution in [0.15, 0.2) is 41.6 Å². The molecule has 114 valence electrons. The van der Waals surface area contributed by atoms with Gasteiger partial charge in [-0.1, -0.05) is 11.6 Å². The number of nitrogens with zero attached hydrogens (tertiary/aromatic N) is 1. The first-order valence-corrected chi connectivity index (χ1v) is 8.01.